The molecule has 5 rings (SSSR count). The van der Waals surface area contributed by atoms with E-state index in [2.05, 4.69) is 20.5 Å². The maximum Gasteiger partial charge on any atom is 0.418 e. The maximum absolute atomic E-state index is 14.1. The van der Waals surface area contributed by atoms with Crippen LogP contribution in [0.5, 0.6) is 0 Å². The number of likely N-dealkylation sites (N-methyl/N-ethyl adjacent to an activating group) is 1. The third-order valence-electron chi connectivity index (χ3n) is 7.87. The fourth-order valence-corrected chi connectivity index (χ4v) is 5.37. The number of rotatable bonds is 6. The number of hydrogen-bond donors (Lipinski definition) is 2. The van der Waals surface area contributed by atoms with E-state index in [1.54, 1.807) is 60.1 Å². The predicted octanol–water partition coefficient (Wildman–Crippen LogP) is 5.36. The van der Waals surface area contributed by atoms with E-state index in [-0.39, 0.29) is 16.8 Å². The third-order valence-corrected chi connectivity index (χ3v) is 7.87. The fraction of sp³-hybridized carbons (Fsp3) is 0.323. The van der Waals surface area contributed by atoms with E-state index in [0.717, 1.165) is 23.6 Å². The van der Waals surface area contributed by atoms with Crippen molar-refractivity contribution in [1.29, 1.82) is 0 Å². The number of nitrogens with one attached hydrogen (secondary N) is 2. The molecule has 1 aliphatic heterocycles. The van der Waals surface area contributed by atoms with Crippen molar-refractivity contribution in [3.63, 3.8) is 0 Å². The quantitative estimate of drug-likeness (QED) is 0.321. The van der Waals surface area contributed by atoms with Crippen molar-refractivity contribution in [2.45, 2.75) is 20.0 Å². The number of piperazine rings is 1. The van der Waals surface area contributed by atoms with Crippen molar-refractivity contribution < 1.29 is 18.0 Å². The lowest BCUT2D eigenvalue weighted by atomic mass is 9.99. The maximum atomic E-state index is 14.1. The molecule has 0 aliphatic carbocycles. The van der Waals surface area contributed by atoms with Crippen molar-refractivity contribution in [3.8, 4) is 11.1 Å². The standard InChI is InChI=1S/C31H33F3N6O2/c1-5-39-10-12-40(13-11-39)26-9-7-20(15-25(26)31(32,33)34)29(41)37-22-8-6-19(2)23(16-22)24-14-21-18-36-28(35-3)17-27(21)38(4)30(24)42/h6-9,14-18H,5,10-13H2,1-4H3,(H,35,36)(H,37,41). The molecule has 1 aliphatic rings. The normalized spacial score (nSPS) is 14.3. The van der Waals surface area contributed by atoms with Gasteiger partial charge in [0.2, 0.25) is 0 Å². The smallest absolute Gasteiger partial charge is 0.373 e. The Morgan fingerprint density at radius 1 is 1.00 bits per heavy atom. The topological polar surface area (TPSA) is 82.5 Å². The van der Waals surface area contributed by atoms with Gasteiger partial charge in [-0.25, -0.2) is 4.98 Å². The summed E-state index contributed by atoms with van der Waals surface area (Å²) in [5.41, 5.74) is 1.81. The van der Waals surface area contributed by atoms with Crippen LogP contribution in [0.1, 0.15) is 28.4 Å². The number of carbonyl (C=O) groups excluding carboxylic acids is 1. The summed E-state index contributed by atoms with van der Waals surface area (Å²) in [5.74, 6) is -0.0419. The van der Waals surface area contributed by atoms with Gasteiger partial charge in [0.15, 0.2) is 0 Å². The minimum absolute atomic E-state index is 0.0795. The number of amides is 1. The van der Waals surface area contributed by atoms with Crippen molar-refractivity contribution in [2.24, 2.45) is 7.05 Å². The van der Waals surface area contributed by atoms with E-state index in [1.807, 2.05) is 13.8 Å². The molecular formula is C31H33F3N6O2. The van der Waals surface area contributed by atoms with Gasteiger partial charge in [0.1, 0.15) is 5.82 Å². The van der Waals surface area contributed by atoms with Gasteiger partial charge in [-0.15, -0.1) is 0 Å². The summed E-state index contributed by atoms with van der Waals surface area (Å²) in [6.07, 6.45) is -2.94. The lowest BCUT2D eigenvalue weighted by molar-refractivity contribution is -0.137. The zero-order valence-electron chi connectivity index (χ0n) is 24.0. The molecule has 42 heavy (non-hydrogen) atoms. The highest BCUT2D eigenvalue weighted by molar-refractivity contribution is 6.05. The lowest BCUT2D eigenvalue weighted by Crippen LogP contribution is -2.46. The molecule has 2 aromatic heterocycles. The second-order valence-electron chi connectivity index (χ2n) is 10.4. The third kappa shape index (κ3) is 5.69. The Kier molecular flexibility index (Phi) is 7.96. The van der Waals surface area contributed by atoms with Crippen LogP contribution in [0.25, 0.3) is 22.0 Å². The zero-order valence-corrected chi connectivity index (χ0v) is 24.0. The van der Waals surface area contributed by atoms with E-state index in [1.165, 1.54) is 12.1 Å². The SMILES string of the molecule is CCN1CCN(c2ccc(C(=O)Nc3ccc(C)c(-c4cc5cnc(NC)cc5n(C)c4=O)c3)cc2C(F)(F)F)CC1. The molecule has 8 nitrogen and oxygen atoms in total. The first-order chi connectivity index (χ1) is 20.0. The molecule has 0 atom stereocenters. The first-order valence-electron chi connectivity index (χ1n) is 13.8. The van der Waals surface area contributed by atoms with Gasteiger partial charge in [0.25, 0.3) is 11.5 Å². The fourth-order valence-electron chi connectivity index (χ4n) is 5.37. The van der Waals surface area contributed by atoms with Crippen LogP contribution in [0.15, 0.2) is 59.5 Å². The van der Waals surface area contributed by atoms with E-state index in [9.17, 15) is 22.8 Å². The van der Waals surface area contributed by atoms with Gasteiger partial charge in [0, 0.05) is 80.4 Å². The summed E-state index contributed by atoms with van der Waals surface area (Å²) >= 11 is 0. The summed E-state index contributed by atoms with van der Waals surface area (Å²) in [5, 5.41) is 6.44. The van der Waals surface area contributed by atoms with Gasteiger partial charge in [-0.05, 0) is 61.0 Å². The van der Waals surface area contributed by atoms with E-state index in [0.29, 0.717) is 54.3 Å². The monoisotopic (exact) mass is 578 g/mol. The van der Waals surface area contributed by atoms with Crippen LogP contribution in [0, 0.1) is 6.92 Å². The van der Waals surface area contributed by atoms with Crippen LogP contribution in [0.4, 0.5) is 30.4 Å². The summed E-state index contributed by atoms with van der Waals surface area (Å²) in [4.78, 5) is 34.8. The average molecular weight is 579 g/mol. The molecule has 2 N–H and O–H groups in total. The number of aryl methyl sites for hydroxylation is 2. The zero-order chi connectivity index (χ0) is 30.2. The largest absolute Gasteiger partial charge is 0.418 e. The van der Waals surface area contributed by atoms with Gasteiger partial charge in [-0.3, -0.25) is 9.59 Å². The number of anilines is 3. The van der Waals surface area contributed by atoms with Crippen molar-refractivity contribution >= 4 is 34.0 Å². The molecule has 0 bridgehead atoms. The van der Waals surface area contributed by atoms with Crippen molar-refractivity contribution in [3.05, 3.63) is 81.8 Å². The van der Waals surface area contributed by atoms with Gasteiger partial charge < -0.3 is 25.0 Å². The molecule has 0 spiro atoms. The highest BCUT2D eigenvalue weighted by Gasteiger charge is 2.36. The molecule has 4 aromatic rings. The molecule has 0 saturated carbocycles. The Morgan fingerprint density at radius 2 is 1.74 bits per heavy atom. The highest BCUT2D eigenvalue weighted by Crippen LogP contribution is 2.38. The Labute approximate surface area is 241 Å². The molecule has 1 saturated heterocycles. The summed E-state index contributed by atoms with van der Waals surface area (Å²) < 4.78 is 43.9. The first kappa shape index (κ1) is 29.1. The number of fused-ring (bicyclic) bond motifs is 1. The number of aromatic nitrogens is 2. The Morgan fingerprint density at radius 3 is 2.40 bits per heavy atom. The van der Waals surface area contributed by atoms with Gasteiger partial charge in [0.05, 0.1) is 11.1 Å². The van der Waals surface area contributed by atoms with E-state index in [4.69, 9.17) is 0 Å². The number of alkyl halides is 3. The van der Waals surface area contributed by atoms with Crippen LogP contribution in [-0.4, -0.2) is 60.1 Å². The summed E-state index contributed by atoms with van der Waals surface area (Å²) in [7, 11) is 3.43. The molecule has 1 amide bonds. The molecule has 0 radical (unpaired) electrons. The van der Waals surface area contributed by atoms with Gasteiger partial charge >= 0.3 is 6.18 Å². The first-order valence-corrected chi connectivity index (χ1v) is 13.8. The van der Waals surface area contributed by atoms with Crippen LogP contribution in [-0.2, 0) is 13.2 Å². The number of pyridine rings is 2. The molecule has 11 heteroatoms. The average Bonchev–Trinajstić information content (AvgIpc) is 2.99. The minimum Gasteiger partial charge on any atom is -0.373 e. The Bertz CT molecular complexity index is 1710. The molecule has 1 fully saturated rings. The molecule has 0 unspecified atom stereocenters. The number of halogens is 3. The Hall–Kier alpha value is -4.38. The van der Waals surface area contributed by atoms with E-state index < -0.39 is 17.6 Å². The number of nitrogens with zero attached hydrogens (tertiary/aromatic N) is 4. The summed E-state index contributed by atoms with van der Waals surface area (Å²) in [6.45, 7) is 7.05. The number of carbonyl (C=O) groups is 1. The van der Waals surface area contributed by atoms with Crippen LogP contribution in [0.3, 0.4) is 0 Å². The highest BCUT2D eigenvalue weighted by atomic mass is 19.4. The second-order valence-corrected chi connectivity index (χ2v) is 10.4. The molecule has 220 valence electrons. The molecule has 2 aromatic carbocycles. The van der Waals surface area contributed by atoms with E-state index >= 15 is 0 Å². The molecule has 3 heterocycles. The predicted molar refractivity (Wildman–Crippen MR) is 160 cm³/mol. The second kappa shape index (κ2) is 11.5. The molecular weight excluding hydrogens is 545 g/mol. The van der Waals surface area contributed by atoms with Gasteiger partial charge in [-0.2, -0.15) is 13.2 Å². The van der Waals surface area contributed by atoms with Crippen LogP contribution >= 0.6 is 0 Å². The minimum atomic E-state index is -4.62. The lowest BCUT2D eigenvalue weighted by Gasteiger charge is -2.36. The van der Waals surface area contributed by atoms with Gasteiger partial charge in [-0.1, -0.05) is 13.0 Å². The van der Waals surface area contributed by atoms with Crippen molar-refractivity contribution in [2.75, 3.05) is 55.3 Å². The number of hydrogen-bond acceptors (Lipinski definition) is 6. The number of benzene rings is 2. The van der Waals surface area contributed by atoms with Crippen LogP contribution in [0.2, 0.25) is 0 Å². The Balaban J connectivity index is 1.45. The van der Waals surface area contributed by atoms with Crippen molar-refractivity contribution in [1.82, 2.24) is 14.5 Å². The summed E-state index contributed by atoms with van der Waals surface area (Å²) in [6, 6.07) is 12.3. The van der Waals surface area contributed by atoms with Crippen LogP contribution < -0.4 is 21.1 Å².